The molecule has 1 aromatic rings. The van der Waals surface area contributed by atoms with E-state index >= 15 is 0 Å². The van der Waals surface area contributed by atoms with Gasteiger partial charge >= 0.3 is 0 Å². The summed E-state index contributed by atoms with van der Waals surface area (Å²) in [6, 6.07) is 4.30. The summed E-state index contributed by atoms with van der Waals surface area (Å²) in [6.45, 7) is -0.0840. The van der Waals surface area contributed by atoms with E-state index in [9.17, 15) is 18.6 Å². The van der Waals surface area contributed by atoms with E-state index in [1.165, 1.54) is 18.2 Å². The largest absolute Gasteiger partial charge is 0.393 e. The van der Waals surface area contributed by atoms with E-state index in [2.05, 4.69) is 4.72 Å². The number of sulfonamides is 1. The molecule has 2 rings (SSSR count). The number of aliphatic hydroxyl groups is 2. The van der Waals surface area contributed by atoms with Crippen molar-refractivity contribution >= 4 is 33.2 Å². The Morgan fingerprint density at radius 3 is 2.67 bits per heavy atom. The van der Waals surface area contributed by atoms with Crippen LogP contribution in [0.5, 0.6) is 0 Å². The Morgan fingerprint density at radius 1 is 1.29 bits per heavy atom. The molecule has 1 fully saturated rings. The average Bonchev–Trinajstić information content (AvgIpc) is 2.38. The molecular weight excluding hydrogens is 341 g/mol. The second kappa shape index (κ2) is 6.78. The fourth-order valence-corrected chi connectivity index (χ4v) is 3.89. The van der Waals surface area contributed by atoms with Crippen molar-refractivity contribution in [3.63, 3.8) is 0 Å². The van der Waals surface area contributed by atoms with Gasteiger partial charge in [-0.3, -0.25) is 0 Å². The van der Waals surface area contributed by atoms with E-state index in [1.807, 2.05) is 0 Å². The molecule has 9 heteroatoms. The smallest absolute Gasteiger partial charge is 0.242 e. The van der Waals surface area contributed by atoms with Crippen molar-refractivity contribution in [2.75, 3.05) is 6.54 Å². The van der Waals surface area contributed by atoms with Crippen molar-refractivity contribution in [2.45, 2.75) is 36.2 Å². The quantitative estimate of drug-likeness (QED) is 0.752. The molecule has 0 aliphatic carbocycles. The summed E-state index contributed by atoms with van der Waals surface area (Å²) in [7, 11) is -3.86. The Morgan fingerprint density at radius 2 is 2.00 bits per heavy atom. The molecule has 6 nitrogen and oxygen atoms in total. The molecule has 0 unspecified atom stereocenters. The van der Waals surface area contributed by atoms with Gasteiger partial charge in [-0.25, -0.2) is 13.1 Å². The van der Waals surface area contributed by atoms with Gasteiger partial charge in [0.2, 0.25) is 10.0 Å². The third-order valence-corrected chi connectivity index (χ3v) is 5.46. The molecule has 1 saturated heterocycles. The third-order valence-electron chi connectivity index (χ3n) is 3.06. The number of hydrogen-bond donors (Lipinski definition) is 3. The predicted molar refractivity (Wildman–Crippen MR) is 77.8 cm³/mol. The molecule has 1 aliphatic heterocycles. The lowest BCUT2D eigenvalue weighted by Crippen LogP contribution is -2.42. The van der Waals surface area contributed by atoms with Crippen LogP contribution in [0.25, 0.3) is 0 Å². The van der Waals surface area contributed by atoms with E-state index in [-0.39, 0.29) is 34.3 Å². The van der Waals surface area contributed by atoms with Crippen molar-refractivity contribution < 1.29 is 23.4 Å². The van der Waals surface area contributed by atoms with Gasteiger partial charge < -0.3 is 14.9 Å². The van der Waals surface area contributed by atoms with E-state index in [0.29, 0.717) is 0 Å². The number of rotatable bonds is 4. The molecule has 0 spiro atoms. The first-order valence-corrected chi connectivity index (χ1v) is 8.49. The summed E-state index contributed by atoms with van der Waals surface area (Å²) >= 11 is 11.7. The topological polar surface area (TPSA) is 95.9 Å². The van der Waals surface area contributed by atoms with Crippen LogP contribution in [0, 0.1) is 0 Å². The van der Waals surface area contributed by atoms with Crippen LogP contribution in [-0.2, 0) is 14.8 Å². The van der Waals surface area contributed by atoms with E-state index < -0.39 is 28.5 Å². The highest BCUT2D eigenvalue weighted by Gasteiger charge is 2.28. The standard InChI is InChI=1S/C12H15Cl2NO5S/c13-9-2-1-3-10(12(9)14)21(18,19)15-6-8-4-7(16)5-11(17)20-8/h1-3,7-8,11,15-17H,4-6H2/t7-,8-,11+/m0/s1. The molecule has 3 N–H and O–H groups in total. The Hall–Kier alpha value is -0.410. The summed E-state index contributed by atoms with van der Waals surface area (Å²) in [6.07, 6.45) is -2.08. The van der Waals surface area contributed by atoms with Gasteiger partial charge in [0, 0.05) is 19.4 Å². The molecule has 1 heterocycles. The maximum atomic E-state index is 12.2. The van der Waals surface area contributed by atoms with E-state index in [4.69, 9.17) is 27.9 Å². The van der Waals surface area contributed by atoms with Gasteiger partial charge in [0.1, 0.15) is 4.90 Å². The molecule has 118 valence electrons. The molecule has 0 aromatic heterocycles. The van der Waals surface area contributed by atoms with Gasteiger partial charge in [-0.05, 0) is 12.1 Å². The SMILES string of the molecule is O=S(=O)(NC[C@@H]1C[C@H](O)C[C@H](O)O1)c1cccc(Cl)c1Cl. The van der Waals surface area contributed by atoms with Crippen LogP contribution in [0.1, 0.15) is 12.8 Å². The van der Waals surface area contributed by atoms with Gasteiger partial charge in [-0.2, -0.15) is 0 Å². The van der Waals surface area contributed by atoms with E-state index in [1.54, 1.807) is 0 Å². The molecule has 1 aliphatic rings. The zero-order chi connectivity index (χ0) is 15.6. The van der Waals surface area contributed by atoms with Crippen LogP contribution in [0.15, 0.2) is 23.1 Å². The van der Waals surface area contributed by atoms with Crippen LogP contribution in [-0.4, -0.2) is 43.7 Å². The highest BCUT2D eigenvalue weighted by Crippen LogP contribution is 2.28. The van der Waals surface area contributed by atoms with Crippen molar-refractivity contribution in [3.8, 4) is 0 Å². The Labute approximate surface area is 132 Å². The normalized spacial score (nSPS) is 26.8. The molecule has 1 aromatic carbocycles. The highest BCUT2D eigenvalue weighted by atomic mass is 35.5. The maximum Gasteiger partial charge on any atom is 0.242 e. The first-order chi connectivity index (χ1) is 9.79. The Bertz CT molecular complexity index is 600. The molecule has 3 atom stereocenters. The highest BCUT2D eigenvalue weighted by molar-refractivity contribution is 7.89. The number of hydrogen-bond acceptors (Lipinski definition) is 5. The minimum absolute atomic E-state index is 0.0590. The molecular formula is C12H15Cl2NO5S. The predicted octanol–water partition coefficient (Wildman–Crippen LogP) is 1.13. The second-order valence-electron chi connectivity index (χ2n) is 4.74. The number of aliphatic hydroxyl groups excluding tert-OH is 2. The van der Waals surface area contributed by atoms with Crippen LogP contribution in [0.3, 0.4) is 0 Å². The van der Waals surface area contributed by atoms with Crippen LogP contribution in [0.4, 0.5) is 0 Å². The van der Waals surface area contributed by atoms with Gasteiger partial charge in [0.25, 0.3) is 0 Å². The number of nitrogens with one attached hydrogen (secondary N) is 1. The zero-order valence-electron chi connectivity index (χ0n) is 10.9. The molecule has 0 amide bonds. The zero-order valence-corrected chi connectivity index (χ0v) is 13.2. The lowest BCUT2D eigenvalue weighted by molar-refractivity contribution is -0.186. The second-order valence-corrected chi connectivity index (χ2v) is 7.26. The minimum Gasteiger partial charge on any atom is -0.393 e. The summed E-state index contributed by atoms with van der Waals surface area (Å²) in [5.74, 6) is 0. The molecule has 21 heavy (non-hydrogen) atoms. The Balaban J connectivity index is 2.06. The van der Waals surface area contributed by atoms with Crippen molar-refractivity contribution in [1.29, 1.82) is 0 Å². The van der Waals surface area contributed by atoms with Gasteiger partial charge in [0.05, 0.1) is 22.3 Å². The summed E-state index contributed by atoms with van der Waals surface area (Å²) in [4.78, 5) is -0.131. The summed E-state index contributed by atoms with van der Waals surface area (Å²) in [5.41, 5.74) is 0. The number of ether oxygens (including phenoxy) is 1. The van der Waals surface area contributed by atoms with Crippen LogP contribution in [0.2, 0.25) is 10.0 Å². The van der Waals surface area contributed by atoms with Crippen LogP contribution < -0.4 is 4.72 Å². The van der Waals surface area contributed by atoms with Crippen molar-refractivity contribution in [2.24, 2.45) is 0 Å². The molecule has 0 bridgehead atoms. The molecule has 0 radical (unpaired) electrons. The number of benzene rings is 1. The minimum atomic E-state index is -3.86. The van der Waals surface area contributed by atoms with E-state index in [0.717, 1.165) is 0 Å². The average molecular weight is 356 g/mol. The fourth-order valence-electron chi connectivity index (χ4n) is 2.07. The van der Waals surface area contributed by atoms with Gasteiger partial charge in [0.15, 0.2) is 6.29 Å². The lowest BCUT2D eigenvalue weighted by atomic mass is 10.1. The third kappa shape index (κ3) is 4.29. The van der Waals surface area contributed by atoms with Crippen molar-refractivity contribution in [3.05, 3.63) is 28.2 Å². The Kier molecular flexibility index (Phi) is 5.48. The number of halogens is 2. The monoisotopic (exact) mass is 355 g/mol. The maximum absolute atomic E-state index is 12.2. The van der Waals surface area contributed by atoms with Crippen molar-refractivity contribution in [1.82, 2.24) is 4.72 Å². The first kappa shape index (κ1) is 17.0. The fraction of sp³-hybridized carbons (Fsp3) is 0.500. The van der Waals surface area contributed by atoms with Crippen LogP contribution >= 0.6 is 23.2 Å². The first-order valence-electron chi connectivity index (χ1n) is 6.25. The van der Waals surface area contributed by atoms with Gasteiger partial charge in [-0.1, -0.05) is 29.3 Å². The summed E-state index contributed by atoms with van der Waals surface area (Å²) < 4.78 is 31.8. The molecule has 0 saturated carbocycles. The van der Waals surface area contributed by atoms with Gasteiger partial charge in [-0.15, -0.1) is 0 Å². The lowest BCUT2D eigenvalue weighted by Gasteiger charge is -2.30. The summed E-state index contributed by atoms with van der Waals surface area (Å²) in [5, 5.41) is 19.0.